The number of hydrogen-bond acceptors (Lipinski definition) is 4. The molecular formula is C23H21N3O3S. The lowest BCUT2D eigenvalue weighted by molar-refractivity contribution is -0.113. The second-order valence-electron chi connectivity index (χ2n) is 6.62. The fourth-order valence-corrected chi connectivity index (χ4v) is 3.30. The van der Waals surface area contributed by atoms with Crippen LogP contribution >= 0.6 is 11.8 Å². The van der Waals surface area contributed by atoms with Gasteiger partial charge in [-0.1, -0.05) is 17.7 Å². The van der Waals surface area contributed by atoms with Crippen LogP contribution < -0.4 is 16.4 Å². The number of carbonyl (C=O) groups is 3. The number of benzene rings is 3. The average molecular weight is 420 g/mol. The van der Waals surface area contributed by atoms with Crippen LogP contribution in [0.25, 0.3) is 0 Å². The Morgan fingerprint density at radius 3 is 1.90 bits per heavy atom. The minimum atomic E-state index is -0.512. The third-order valence-corrected chi connectivity index (χ3v) is 5.26. The number of rotatable bonds is 7. The first kappa shape index (κ1) is 21.1. The van der Waals surface area contributed by atoms with Crippen molar-refractivity contribution in [3.8, 4) is 0 Å². The molecule has 0 heterocycles. The Labute approximate surface area is 178 Å². The lowest BCUT2D eigenvalue weighted by Crippen LogP contribution is -2.15. The van der Waals surface area contributed by atoms with E-state index < -0.39 is 5.91 Å². The Bertz CT molecular complexity index is 1050. The Balaban J connectivity index is 1.49. The fraction of sp³-hybridized carbons (Fsp3) is 0.0870. The molecule has 3 aromatic rings. The van der Waals surface area contributed by atoms with E-state index in [1.165, 1.54) is 11.8 Å². The first-order valence-corrected chi connectivity index (χ1v) is 10.2. The van der Waals surface area contributed by atoms with Crippen molar-refractivity contribution >= 4 is 40.9 Å². The van der Waals surface area contributed by atoms with Crippen molar-refractivity contribution in [3.63, 3.8) is 0 Å². The predicted molar refractivity (Wildman–Crippen MR) is 120 cm³/mol. The van der Waals surface area contributed by atoms with Gasteiger partial charge in [0.15, 0.2) is 0 Å². The molecule has 3 amide bonds. The zero-order chi connectivity index (χ0) is 21.5. The molecule has 0 saturated heterocycles. The monoisotopic (exact) mass is 419 g/mol. The van der Waals surface area contributed by atoms with Crippen LogP contribution in [0.4, 0.5) is 11.4 Å². The molecule has 0 spiro atoms. The minimum Gasteiger partial charge on any atom is -0.366 e. The molecule has 30 heavy (non-hydrogen) atoms. The van der Waals surface area contributed by atoms with Crippen molar-refractivity contribution in [2.45, 2.75) is 11.8 Å². The van der Waals surface area contributed by atoms with Crippen molar-refractivity contribution in [2.24, 2.45) is 5.73 Å². The van der Waals surface area contributed by atoms with Crippen LogP contribution in [-0.2, 0) is 4.79 Å². The van der Waals surface area contributed by atoms with Gasteiger partial charge < -0.3 is 16.4 Å². The number of amides is 3. The van der Waals surface area contributed by atoms with Gasteiger partial charge in [-0.05, 0) is 67.6 Å². The van der Waals surface area contributed by atoms with Gasteiger partial charge in [-0.3, -0.25) is 14.4 Å². The van der Waals surface area contributed by atoms with Gasteiger partial charge in [-0.2, -0.15) is 0 Å². The Morgan fingerprint density at radius 2 is 1.30 bits per heavy atom. The zero-order valence-corrected chi connectivity index (χ0v) is 17.2. The highest BCUT2D eigenvalue weighted by Gasteiger charge is 2.07. The summed E-state index contributed by atoms with van der Waals surface area (Å²) in [5.41, 5.74) is 8.56. The fourth-order valence-electron chi connectivity index (χ4n) is 2.61. The van der Waals surface area contributed by atoms with Gasteiger partial charge in [0.2, 0.25) is 11.8 Å². The van der Waals surface area contributed by atoms with Crippen molar-refractivity contribution < 1.29 is 14.4 Å². The van der Waals surface area contributed by atoms with Gasteiger partial charge in [0.05, 0.1) is 5.75 Å². The maximum Gasteiger partial charge on any atom is 0.255 e. The highest BCUT2D eigenvalue weighted by Crippen LogP contribution is 2.21. The lowest BCUT2D eigenvalue weighted by Gasteiger charge is -2.08. The molecule has 0 fully saturated rings. The molecule has 0 bridgehead atoms. The quantitative estimate of drug-likeness (QED) is 0.502. The molecule has 3 aromatic carbocycles. The Kier molecular flexibility index (Phi) is 6.87. The molecule has 152 valence electrons. The van der Waals surface area contributed by atoms with E-state index in [1.54, 1.807) is 48.5 Å². The molecule has 0 radical (unpaired) electrons. The zero-order valence-electron chi connectivity index (χ0n) is 16.3. The topological polar surface area (TPSA) is 101 Å². The summed E-state index contributed by atoms with van der Waals surface area (Å²) < 4.78 is 0. The average Bonchev–Trinajstić information content (AvgIpc) is 2.74. The van der Waals surface area contributed by atoms with Crippen molar-refractivity contribution in [2.75, 3.05) is 16.4 Å². The summed E-state index contributed by atoms with van der Waals surface area (Å²) in [7, 11) is 0. The summed E-state index contributed by atoms with van der Waals surface area (Å²) in [5.74, 6) is -0.616. The molecule has 3 rings (SSSR count). The Morgan fingerprint density at radius 1 is 0.767 bits per heavy atom. The van der Waals surface area contributed by atoms with E-state index in [4.69, 9.17) is 5.73 Å². The summed E-state index contributed by atoms with van der Waals surface area (Å²) in [6.45, 7) is 1.97. The maximum atomic E-state index is 12.3. The molecule has 0 aliphatic heterocycles. The summed E-state index contributed by atoms with van der Waals surface area (Å²) in [5, 5.41) is 5.62. The van der Waals surface area contributed by atoms with E-state index in [0.29, 0.717) is 22.5 Å². The van der Waals surface area contributed by atoms with E-state index in [0.717, 1.165) is 10.5 Å². The van der Waals surface area contributed by atoms with E-state index in [2.05, 4.69) is 10.6 Å². The van der Waals surface area contributed by atoms with Crippen LogP contribution in [0.2, 0.25) is 0 Å². The number of carbonyl (C=O) groups excluding carboxylic acids is 3. The lowest BCUT2D eigenvalue weighted by atomic mass is 10.1. The molecule has 7 heteroatoms. The predicted octanol–water partition coefficient (Wildman–Crippen LogP) is 4.08. The van der Waals surface area contributed by atoms with Gasteiger partial charge >= 0.3 is 0 Å². The number of anilines is 2. The molecule has 4 N–H and O–H groups in total. The number of primary amides is 1. The molecule has 0 aliphatic carbocycles. The number of thioether (sulfide) groups is 1. The molecule has 0 unspecified atom stereocenters. The summed E-state index contributed by atoms with van der Waals surface area (Å²) in [6.07, 6.45) is 0. The molecular weight excluding hydrogens is 398 g/mol. The summed E-state index contributed by atoms with van der Waals surface area (Å²) in [6, 6.07) is 21.1. The third kappa shape index (κ3) is 5.96. The summed E-state index contributed by atoms with van der Waals surface area (Å²) >= 11 is 1.38. The number of nitrogens with two attached hydrogens (primary N) is 1. The van der Waals surface area contributed by atoms with Gasteiger partial charge in [-0.25, -0.2) is 0 Å². The van der Waals surface area contributed by atoms with E-state index in [-0.39, 0.29) is 17.6 Å². The van der Waals surface area contributed by atoms with Crippen molar-refractivity contribution in [1.29, 1.82) is 0 Å². The number of nitrogens with one attached hydrogen (secondary N) is 2. The SMILES string of the molecule is Cc1ccc(C(=O)Nc2ccc(SCC(=O)Nc3ccc(C(N)=O)cc3)cc2)cc1. The van der Waals surface area contributed by atoms with Crippen LogP contribution in [0, 0.1) is 6.92 Å². The van der Waals surface area contributed by atoms with E-state index in [1.807, 2.05) is 31.2 Å². The van der Waals surface area contributed by atoms with Crippen LogP contribution in [0.5, 0.6) is 0 Å². The number of hydrogen-bond donors (Lipinski definition) is 3. The van der Waals surface area contributed by atoms with Crippen LogP contribution in [-0.4, -0.2) is 23.5 Å². The second kappa shape index (κ2) is 9.76. The standard InChI is InChI=1S/C23H21N3O3S/c1-15-2-4-17(5-3-15)23(29)26-19-10-12-20(13-11-19)30-14-21(27)25-18-8-6-16(7-9-18)22(24)28/h2-13H,14H2,1H3,(H2,24,28)(H,25,27)(H,26,29). The highest BCUT2D eigenvalue weighted by molar-refractivity contribution is 8.00. The molecule has 6 nitrogen and oxygen atoms in total. The number of aryl methyl sites for hydroxylation is 1. The summed E-state index contributed by atoms with van der Waals surface area (Å²) in [4.78, 5) is 36.4. The Hall–Kier alpha value is -3.58. The van der Waals surface area contributed by atoms with E-state index in [9.17, 15) is 14.4 Å². The maximum absolute atomic E-state index is 12.3. The minimum absolute atomic E-state index is 0.163. The van der Waals surface area contributed by atoms with Crippen molar-refractivity contribution in [3.05, 3.63) is 89.5 Å². The molecule has 0 saturated carbocycles. The molecule has 0 atom stereocenters. The van der Waals surface area contributed by atoms with Crippen molar-refractivity contribution in [1.82, 2.24) is 0 Å². The van der Waals surface area contributed by atoms with Gasteiger partial charge in [0.1, 0.15) is 0 Å². The molecule has 0 aliphatic rings. The van der Waals surface area contributed by atoms with Gasteiger partial charge in [0.25, 0.3) is 5.91 Å². The van der Waals surface area contributed by atoms with Gasteiger partial charge in [0, 0.05) is 27.4 Å². The van der Waals surface area contributed by atoms with Crippen LogP contribution in [0.15, 0.2) is 77.7 Å². The first-order chi connectivity index (χ1) is 14.4. The normalized spacial score (nSPS) is 10.3. The van der Waals surface area contributed by atoms with Gasteiger partial charge in [-0.15, -0.1) is 11.8 Å². The smallest absolute Gasteiger partial charge is 0.255 e. The highest BCUT2D eigenvalue weighted by atomic mass is 32.2. The third-order valence-electron chi connectivity index (χ3n) is 4.25. The molecule has 0 aromatic heterocycles. The van der Waals surface area contributed by atoms with Crippen LogP contribution in [0.1, 0.15) is 26.3 Å². The second-order valence-corrected chi connectivity index (χ2v) is 7.67. The first-order valence-electron chi connectivity index (χ1n) is 9.21. The van der Waals surface area contributed by atoms with Crippen LogP contribution in [0.3, 0.4) is 0 Å². The largest absolute Gasteiger partial charge is 0.366 e. The van der Waals surface area contributed by atoms with E-state index >= 15 is 0 Å².